The molecule has 0 spiro atoms. The molecule has 104 valence electrons. The van der Waals surface area contributed by atoms with E-state index < -0.39 is 0 Å². The van der Waals surface area contributed by atoms with E-state index in [0.717, 1.165) is 23.0 Å². The van der Waals surface area contributed by atoms with Gasteiger partial charge in [-0.05, 0) is 31.2 Å². The van der Waals surface area contributed by atoms with E-state index in [1.165, 1.54) is 6.92 Å². The van der Waals surface area contributed by atoms with Gasteiger partial charge in [-0.25, -0.2) is 4.98 Å². The minimum absolute atomic E-state index is 0.0791. The summed E-state index contributed by atoms with van der Waals surface area (Å²) < 4.78 is 1.97. The number of carbonyl (C=O) groups excluding carboxylic acids is 1. The lowest BCUT2D eigenvalue weighted by Gasteiger charge is -2.09. The summed E-state index contributed by atoms with van der Waals surface area (Å²) in [6.45, 7) is 7.77. The number of aryl methyl sites for hydroxylation is 1. The molecular weight excluding hydrogens is 252 g/mol. The maximum Gasteiger partial charge on any atom is 0.221 e. The van der Waals surface area contributed by atoms with E-state index in [1.54, 1.807) is 6.08 Å². The highest BCUT2D eigenvalue weighted by Gasteiger charge is 2.06. The van der Waals surface area contributed by atoms with Crippen molar-refractivity contribution in [1.82, 2.24) is 9.55 Å². The summed E-state index contributed by atoms with van der Waals surface area (Å²) in [6.07, 6.45) is 3.74. The quantitative estimate of drug-likeness (QED) is 0.821. The first kappa shape index (κ1) is 13.9. The number of benzene rings is 1. The fourth-order valence-electron chi connectivity index (χ4n) is 1.89. The van der Waals surface area contributed by atoms with Gasteiger partial charge in [0, 0.05) is 31.0 Å². The lowest BCUT2D eigenvalue weighted by Crippen LogP contribution is -2.07. The average Bonchev–Trinajstić information content (AvgIpc) is 2.78. The summed E-state index contributed by atoms with van der Waals surface area (Å²) in [5, 5.41) is 5.94. The van der Waals surface area contributed by atoms with E-state index in [9.17, 15) is 4.79 Å². The Morgan fingerprint density at radius 3 is 2.70 bits per heavy atom. The van der Waals surface area contributed by atoms with E-state index in [1.807, 2.05) is 42.0 Å². The molecule has 2 rings (SSSR count). The average molecular weight is 270 g/mol. The Morgan fingerprint density at radius 1 is 1.40 bits per heavy atom. The van der Waals surface area contributed by atoms with Crippen molar-refractivity contribution in [2.24, 2.45) is 0 Å². The largest absolute Gasteiger partial charge is 0.352 e. The molecule has 0 unspecified atom stereocenters. The summed E-state index contributed by atoms with van der Waals surface area (Å²) in [5.74, 6) is 0.694. The zero-order chi connectivity index (χ0) is 14.5. The van der Waals surface area contributed by atoms with Crippen LogP contribution in [0.3, 0.4) is 0 Å². The van der Waals surface area contributed by atoms with Gasteiger partial charge in [-0.15, -0.1) is 6.58 Å². The normalized spacial score (nSPS) is 10.1. The molecule has 2 aromatic rings. The van der Waals surface area contributed by atoms with Crippen molar-refractivity contribution in [2.45, 2.75) is 13.8 Å². The Bertz CT molecular complexity index is 613. The van der Waals surface area contributed by atoms with Crippen molar-refractivity contribution >= 4 is 17.5 Å². The Balaban J connectivity index is 2.26. The highest BCUT2D eigenvalue weighted by atomic mass is 16.1. The number of rotatable bonds is 5. The molecule has 5 nitrogen and oxygen atoms in total. The summed E-state index contributed by atoms with van der Waals surface area (Å²) in [4.78, 5) is 15.4. The number of imidazole rings is 1. The third-order valence-electron chi connectivity index (χ3n) is 2.70. The number of hydrogen-bond acceptors (Lipinski definition) is 3. The van der Waals surface area contributed by atoms with Crippen molar-refractivity contribution < 1.29 is 4.79 Å². The molecule has 0 bridgehead atoms. The molecule has 1 aromatic carbocycles. The van der Waals surface area contributed by atoms with Crippen molar-refractivity contribution in [3.8, 4) is 5.69 Å². The number of nitrogens with one attached hydrogen (secondary N) is 2. The standard InChI is InChI=1S/C15H18N4O/c1-4-9-16-15-17-11(2)10-19(15)14-7-5-13(6-8-14)18-12(3)20/h4-8,10H,1,9H2,2-3H3,(H,16,17)(H,18,20). The highest BCUT2D eigenvalue weighted by Crippen LogP contribution is 2.18. The van der Waals surface area contributed by atoms with Crippen LogP contribution in [0.25, 0.3) is 5.69 Å². The molecule has 0 fully saturated rings. The van der Waals surface area contributed by atoms with Crippen LogP contribution in [0.15, 0.2) is 43.1 Å². The van der Waals surface area contributed by atoms with E-state index in [2.05, 4.69) is 22.2 Å². The highest BCUT2D eigenvalue weighted by molar-refractivity contribution is 5.88. The Kier molecular flexibility index (Phi) is 4.20. The zero-order valence-electron chi connectivity index (χ0n) is 11.7. The van der Waals surface area contributed by atoms with Crippen LogP contribution in [-0.2, 0) is 4.79 Å². The number of carbonyl (C=O) groups is 1. The second-order valence-electron chi connectivity index (χ2n) is 4.47. The molecule has 0 saturated carbocycles. The van der Waals surface area contributed by atoms with Crippen LogP contribution in [0.2, 0.25) is 0 Å². The van der Waals surface area contributed by atoms with Crippen LogP contribution in [0, 0.1) is 6.92 Å². The maximum absolute atomic E-state index is 11.0. The molecule has 1 amide bonds. The first-order valence-electron chi connectivity index (χ1n) is 6.39. The van der Waals surface area contributed by atoms with Crippen LogP contribution in [0.5, 0.6) is 0 Å². The topological polar surface area (TPSA) is 59.0 Å². The minimum Gasteiger partial charge on any atom is -0.352 e. The van der Waals surface area contributed by atoms with E-state index in [-0.39, 0.29) is 5.91 Å². The fourth-order valence-corrected chi connectivity index (χ4v) is 1.89. The van der Waals surface area contributed by atoms with E-state index >= 15 is 0 Å². The number of nitrogens with zero attached hydrogens (tertiary/aromatic N) is 2. The third-order valence-corrected chi connectivity index (χ3v) is 2.70. The zero-order valence-corrected chi connectivity index (χ0v) is 11.7. The van der Waals surface area contributed by atoms with Crippen molar-refractivity contribution in [3.63, 3.8) is 0 Å². The van der Waals surface area contributed by atoms with Gasteiger partial charge in [0.25, 0.3) is 0 Å². The number of aromatic nitrogens is 2. The van der Waals surface area contributed by atoms with Crippen molar-refractivity contribution in [2.75, 3.05) is 17.2 Å². The SMILES string of the molecule is C=CCNc1nc(C)cn1-c1ccc(NC(C)=O)cc1. The molecule has 0 aliphatic rings. The fraction of sp³-hybridized carbons (Fsp3) is 0.200. The number of anilines is 2. The van der Waals surface area contributed by atoms with Gasteiger partial charge in [0.05, 0.1) is 5.69 Å². The molecule has 0 radical (unpaired) electrons. The van der Waals surface area contributed by atoms with Crippen molar-refractivity contribution in [1.29, 1.82) is 0 Å². The predicted octanol–water partition coefficient (Wildman–Crippen LogP) is 2.74. The molecule has 2 N–H and O–H groups in total. The summed E-state index contributed by atoms with van der Waals surface area (Å²) in [5.41, 5.74) is 2.69. The summed E-state index contributed by atoms with van der Waals surface area (Å²) in [6, 6.07) is 7.60. The summed E-state index contributed by atoms with van der Waals surface area (Å²) >= 11 is 0. The summed E-state index contributed by atoms with van der Waals surface area (Å²) in [7, 11) is 0. The Labute approximate surface area is 118 Å². The van der Waals surface area contributed by atoms with Gasteiger partial charge >= 0.3 is 0 Å². The first-order valence-corrected chi connectivity index (χ1v) is 6.39. The van der Waals surface area contributed by atoms with E-state index in [0.29, 0.717) is 6.54 Å². The third kappa shape index (κ3) is 3.26. The first-order chi connectivity index (χ1) is 9.60. The van der Waals surface area contributed by atoms with Crippen LogP contribution in [-0.4, -0.2) is 22.0 Å². The smallest absolute Gasteiger partial charge is 0.221 e. The number of hydrogen-bond donors (Lipinski definition) is 2. The van der Waals surface area contributed by atoms with Gasteiger partial charge < -0.3 is 10.6 Å². The predicted molar refractivity (Wildman–Crippen MR) is 81.3 cm³/mol. The molecular formula is C15H18N4O. The van der Waals surface area contributed by atoms with Gasteiger partial charge in [-0.3, -0.25) is 9.36 Å². The minimum atomic E-state index is -0.0791. The molecule has 0 aliphatic carbocycles. The Hall–Kier alpha value is -2.56. The molecule has 1 heterocycles. The second-order valence-corrected chi connectivity index (χ2v) is 4.47. The molecule has 20 heavy (non-hydrogen) atoms. The van der Waals surface area contributed by atoms with Crippen LogP contribution < -0.4 is 10.6 Å². The van der Waals surface area contributed by atoms with Gasteiger partial charge in [0.2, 0.25) is 11.9 Å². The second kappa shape index (κ2) is 6.06. The van der Waals surface area contributed by atoms with Crippen LogP contribution >= 0.6 is 0 Å². The maximum atomic E-state index is 11.0. The van der Waals surface area contributed by atoms with Gasteiger partial charge in [0.15, 0.2) is 0 Å². The van der Waals surface area contributed by atoms with Gasteiger partial charge in [0.1, 0.15) is 0 Å². The lowest BCUT2D eigenvalue weighted by molar-refractivity contribution is -0.114. The lowest BCUT2D eigenvalue weighted by atomic mass is 10.2. The van der Waals surface area contributed by atoms with Crippen molar-refractivity contribution in [3.05, 3.63) is 48.8 Å². The number of amides is 1. The molecule has 1 aromatic heterocycles. The van der Waals surface area contributed by atoms with E-state index in [4.69, 9.17) is 0 Å². The molecule has 0 atom stereocenters. The monoisotopic (exact) mass is 270 g/mol. The Morgan fingerprint density at radius 2 is 2.10 bits per heavy atom. The molecule has 5 heteroatoms. The van der Waals surface area contributed by atoms with Crippen LogP contribution in [0.1, 0.15) is 12.6 Å². The molecule has 0 aliphatic heterocycles. The van der Waals surface area contributed by atoms with Gasteiger partial charge in [-0.1, -0.05) is 6.08 Å². The van der Waals surface area contributed by atoms with Crippen LogP contribution in [0.4, 0.5) is 11.6 Å². The van der Waals surface area contributed by atoms with Gasteiger partial charge in [-0.2, -0.15) is 0 Å². The molecule has 0 saturated heterocycles.